The van der Waals surface area contributed by atoms with Gasteiger partial charge in [0.1, 0.15) is 5.82 Å². The Kier molecular flexibility index (Phi) is 8.60. The quantitative estimate of drug-likeness (QED) is 0.490. The molecule has 0 atom stereocenters. The van der Waals surface area contributed by atoms with Crippen molar-refractivity contribution in [2.24, 2.45) is 0 Å². The maximum atomic E-state index is 13.0. The largest absolute Gasteiger partial charge is 0.356 e. The van der Waals surface area contributed by atoms with Gasteiger partial charge >= 0.3 is 0 Å². The normalized spacial score (nSPS) is 18.0. The van der Waals surface area contributed by atoms with Crippen LogP contribution in [-0.4, -0.2) is 72.3 Å². The minimum absolute atomic E-state index is 0.0473. The lowest BCUT2D eigenvalue weighted by Gasteiger charge is -2.26. The molecule has 34 heavy (non-hydrogen) atoms. The molecule has 0 radical (unpaired) electrons. The van der Waals surface area contributed by atoms with Gasteiger partial charge in [0.25, 0.3) is 0 Å². The number of nitrogens with one attached hydrogen (secondary N) is 1. The van der Waals surface area contributed by atoms with E-state index in [1.165, 1.54) is 32.4 Å². The Bertz CT molecular complexity index is 1070. The number of imidazole rings is 1. The van der Waals surface area contributed by atoms with Crippen LogP contribution >= 0.6 is 0 Å². The zero-order valence-electron chi connectivity index (χ0n) is 20.5. The van der Waals surface area contributed by atoms with Gasteiger partial charge in [-0.1, -0.05) is 13.3 Å². The Morgan fingerprint density at radius 2 is 1.76 bits per heavy atom. The first kappa shape index (κ1) is 25.1. The lowest BCUT2D eigenvalue weighted by atomic mass is 10.1. The Balaban J connectivity index is 1.37. The topological polar surface area (TPSA) is 87.5 Å². The molecule has 9 heteroatoms. The average Bonchev–Trinajstić information content (AvgIpc) is 3.50. The van der Waals surface area contributed by atoms with Crippen LogP contribution in [0.25, 0.3) is 11.0 Å². The predicted octanol–water partition coefficient (Wildman–Crippen LogP) is 3.16. The van der Waals surface area contributed by atoms with Gasteiger partial charge in [-0.05, 0) is 76.4 Å². The summed E-state index contributed by atoms with van der Waals surface area (Å²) in [6.45, 7) is 8.20. The SMILES string of the molecule is CCCn1c(CCC(=O)NCCCN2CCCCC2)nc2cc(S(=O)(=O)N3CCCC3)ccc21. The van der Waals surface area contributed by atoms with Crippen molar-refractivity contribution in [3.63, 3.8) is 0 Å². The van der Waals surface area contributed by atoms with Crippen LogP contribution in [0.1, 0.15) is 64.1 Å². The Morgan fingerprint density at radius 1 is 1.03 bits per heavy atom. The van der Waals surface area contributed by atoms with Crippen LogP contribution < -0.4 is 5.32 Å². The number of aryl methyl sites for hydroxylation is 2. The van der Waals surface area contributed by atoms with E-state index in [4.69, 9.17) is 4.98 Å². The minimum atomic E-state index is -3.48. The molecule has 4 rings (SSSR count). The molecule has 1 N–H and O–H groups in total. The highest BCUT2D eigenvalue weighted by Crippen LogP contribution is 2.26. The molecule has 2 aromatic rings. The van der Waals surface area contributed by atoms with E-state index in [1.54, 1.807) is 16.4 Å². The molecule has 0 bridgehead atoms. The third-order valence-electron chi connectivity index (χ3n) is 6.95. The van der Waals surface area contributed by atoms with Crippen LogP contribution in [0.2, 0.25) is 0 Å². The fraction of sp³-hybridized carbons (Fsp3) is 0.680. The molecule has 0 unspecified atom stereocenters. The summed E-state index contributed by atoms with van der Waals surface area (Å²) in [6, 6.07) is 5.26. The second-order valence-electron chi connectivity index (χ2n) is 9.55. The summed E-state index contributed by atoms with van der Waals surface area (Å²) in [7, 11) is -3.48. The average molecular weight is 490 g/mol. The van der Waals surface area contributed by atoms with Gasteiger partial charge in [0.15, 0.2) is 0 Å². The van der Waals surface area contributed by atoms with Gasteiger partial charge in [0.05, 0.1) is 15.9 Å². The van der Waals surface area contributed by atoms with Gasteiger partial charge in [-0.15, -0.1) is 0 Å². The van der Waals surface area contributed by atoms with Crippen LogP contribution in [0.4, 0.5) is 0 Å². The summed E-state index contributed by atoms with van der Waals surface area (Å²) in [5.74, 6) is 0.891. The van der Waals surface area contributed by atoms with Crippen molar-refractivity contribution in [2.45, 2.75) is 76.2 Å². The number of hydrogen-bond acceptors (Lipinski definition) is 5. The monoisotopic (exact) mass is 489 g/mol. The second kappa shape index (κ2) is 11.6. The summed E-state index contributed by atoms with van der Waals surface area (Å²) >= 11 is 0. The third kappa shape index (κ3) is 5.98. The number of nitrogens with zero attached hydrogens (tertiary/aromatic N) is 4. The van der Waals surface area contributed by atoms with E-state index >= 15 is 0 Å². The number of benzene rings is 1. The van der Waals surface area contributed by atoms with Gasteiger partial charge in [-0.3, -0.25) is 4.79 Å². The Hall–Kier alpha value is -1.97. The van der Waals surface area contributed by atoms with Crippen molar-refractivity contribution in [3.05, 3.63) is 24.0 Å². The fourth-order valence-electron chi connectivity index (χ4n) is 5.09. The van der Waals surface area contributed by atoms with Gasteiger partial charge in [-0.25, -0.2) is 13.4 Å². The summed E-state index contributed by atoms with van der Waals surface area (Å²) in [4.78, 5) is 20.0. The number of sulfonamides is 1. The zero-order valence-corrected chi connectivity index (χ0v) is 21.3. The van der Waals surface area contributed by atoms with Crippen molar-refractivity contribution >= 4 is 27.0 Å². The first-order valence-electron chi connectivity index (χ1n) is 13.0. The standard InChI is InChI=1S/C25H39N5O3S/c1-2-14-30-23-10-9-21(34(32,33)29-18-6-7-19-29)20-22(23)27-24(30)11-12-25(31)26-13-8-17-28-15-4-3-5-16-28/h9-10,20H,2-8,11-19H2,1H3,(H,26,31). The highest BCUT2D eigenvalue weighted by atomic mass is 32.2. The van der Waals surface area contributed by atoms with Gasteiger partial charge < -0.3 is 14.8 Å². The zero-order chi connectivity index (χ0) is 24.0. The number of aromatic nitrogens is 2. The van der Waals surface area contributed by atoms with Crippen molar-refractivity contribution in [1.82, 2.24) is 24.1 Å². The first-order valence-corrected chi connectivity index (χ1v) is 14.4. The number of carbonyl (C=O) groups excluding carboxylic acids is 1. The number of likely N-dealkylation sites (tertiary alicyclic amines) is 1. The van der Waals surface area contributed by atoms with E-state index in [2.05, 4.69) is 21.7 Å². The van der Waals surface area contributed by atoms with E-state index in [0.717, 1.165) is 50.1 Å². The van der Waals surface area contributed by atoms with Gasteiger partial charge in [0, 0.05) is 39.0 Å². The van der Waals surface area contributed by atoms with Crippen LogP contribution in [-0.2, 0) is 27.8 Å². The van der Waals surface area contributed by atoms with Crippen molar-refractivity contribution in [2.75, 3.05) is 39.3 Å². The molecule has 0 spiro atoms. The van der Waals surface area contributed by atoms with Crippen molar-refractivity contribution in [3.8, 4) is 0 Å². The molecule has 1 aromatic carbocycles. The van der Waals surface area contributed by atoms with Crippen LogP contribution in [0.3, 0.4) is 0 Å². The van der Waals surface area contributed by atoms with Crippen LogP contribution in [0.5, 0.6) is 0 Å². The molecule has 0 aliphatic carbocycles. The lowest BCUT2D eigenvalue weighted by Crippen LogP contribution is -2.33. The Labute approximate surface area is 203 Å². The molecule has 0 saturated carbocycles. The van der Waals surface area contributed by atoms with Gasteiger partial charge in [-0.2, -0.15) is 4.31 Å². The fourth-order valence-corrected chi connectivity index (χ4v) is 6.63. The maximum Gasteiger partial charge on any atom is 0.243 e. The molecule has 1 aromatic heterocycles. The number of amides is 1. The molecular weight excluding hydrogens is 450 g/mol. The summed E-state index contributed by atoms with van der Waals surface area (Å²) in [5.41, 5.74) is 1.62. The van der Waals surface area contributed by atoms with E-state index < -0.39 is 10.0 Å². The molecule has 3 heterocycles. The number of carbonyl (C=O) groups is 1. The molecule has 2 aliphatic heterocycles. The van der Waals surface area contributed by atoms with Crippen LogP contribution in [0, 0.1) is 0 Å². The molecule has 188 valence electrons. The number of rotatable bonds is 11. The summed E-state index contributed by atoms with van der Waals surface area (Å²) in [6.07, 6.45) is 8.59. The molecular formula is C25H39N5O3S. The third-order valence-corrected chi connectivity index (χ3v) is 8.84. The number of piperidine rings is 1. The summed E-state index contributed by atoms with van der Waals surface area (Å²) < 4.78 is 29.6. The Morgan fingerprint density at radius 3 is 2.50 bits per heavy atom. The highest BCUT2D eigenvalue weighted by Gasteiger charge is 2.28. The molecule has 1 amide bonds. The molecule has 2 aliphatic rings. The van der Waals surface area contributed by atoms with Gasteiger partial charge in [0.2, 0.25) is 15.9 Å². The molecule has 8 nitrogen and oxygen atoms in total. The predicted molar refractivity (Wildman–Crippen MR) is 134 cm³/mol. The van der Waals surface area contributed by atoms with E-state index in [9.17, 15) is 13.2 Å². The van der Waals surface area contributed by atoms with Crippen LogP contribution in [0.15, 0.2) is 23.1 Å². The highest BCUT2D eigenvalue weighted by molar-refractivity contribution is 7.89. The van der Waals surface area contributed by atoms with E-state index in [1.807, 2.05) is 6.07 Å². The van der Waals surface area contributed by atoms with Crippen molar-refractivity contribution < 1.29 is 13.2 Å². The minimum Gasteiger partial charge on any atom is -0.356 e. The maximum absolute atomic E-state index is 13.0. The van der Waals surface area contributed by atoms with Crippen molar-refractivity contribution in [1.29, 1.82) is 0 Å². The number of hydrogen-bond donors (Lipinski definition) is 1. The smallest absolute Gasteiger partial charge is 0.243 e. The van der Waals surface area contributed by atoms with E-state index in [-0.39, 0.29) is 5.91 Å². The second-order valence-corrected chi connectivity index (χ2v) is 11.5. The lowest BCUT2D eigenvalue weighted by molar-refractivity contribution is -0.121. The first-order chi connectivity index (χ1) is 16.5. The van der Waals surface area contributed by atoms with E-state index in [0.29, 0.717) is 42.9 Å². The molecule has 2 saturated heterocycles. The molecule has 2 fully saturated rings. The number of fused-ring (bicyclic) bond motifs is 1. The summed E-state index contributed by atoms with van der Waals surface area (Å²) in [5, 5.41) is 3.05.